The highest BCUT2D eigenvalue weighted by Gasteiger charge is 2.29. The number of piperidine rings is 1. The molecule has 0 N–H and O–H groups in total. The number of hydrogen-bond acceptors (Lipinski definition) is 5. The van der Waals surface area contributed by atoms with Crippen molar-refractivity contribution in [3.63, 3.8) is 0 Å². The van der Waals surface area contributed by atoms with Gasteiger partial charge in [0, 0.05) is 13.1 Å². The number of methoxy groups -OCH3 is 1. The van der Waals surface area contributed by atoms with Crippen molar-refractivity contribution in [3.8, 4) is 0 Å². The van der Waals surface area contributed by atoms with Crippen molar-refractivity contribution in [2.45, 2.75) is 12.8 Å². The summed E-state index contributed by atoms with van der Waals surface area (Å²) in [7, 11) is 1.36. The maximum atomic E-state index is 12.2. The van der Waals surface area contributed by atoms with E-state index in [0.29, 0.717) is 17.7 Å². The Labute approximate surface area is 119 Å². The Hall–Kier alpha value is -1.50. The molecule has 0 saturated carbocycles. The van der Waals surface area contributed by atoms with E-state index in [1.54, 1.807) is 4.90 Å². The fraction of sp³-hybridized carbons (Fsp3) is 0.500. The van der Waals surface area contributed by atoms with Crippen LogP contribution in [0.5, 0.6) is 0 Å². The Balaban J connectivity index is 2.06. The second-order valence-electron chi connectivity index (χ2n) is 4.34. The van der Waals surface area contributed by atoms with Gasteiger partial charge in [-0.25, -0.2) is 9.97 Å². The van der Waals surface area contributed by atoms with Crippen LogP contribution < -0.4 is 0 Å². The van der Waals surface area contributed by atoms with E-state index in [9.17, 15) is 9.59 Å². The number of nitrogens with zero attached hydrogens (tertiary/aromatic N) is 3. The van der Waals surface area contributed by atoms with Gasteiger partial charge in [0.25, 0.3) is 5.91 Å². The first kappa shape index (κ1) is 13.9. The molecule has 1 saturated heterocycles. The molecule has 1 fully saturated rings. The maximum absolute atomic E-state index is 12.2. The molecule has 7 heteroatoms. The van der Waals surface area contributed by atoms with Crippen molar-refractivity contribution in [3.05, 3.63) is 22.7 Å². The lowest BCUT2D eigenvalue weighted by Crippen LogP contribution is -2.42. The summed E-state index contributed by atoms with van der Waals surface area (Å²) in [5, 5.41) is 0. The highest BCUT2D eigenvalue weighted by atomic mass is 79.9. The van der Waals surface area contributed by atoms with Gasteiger partial charge in [-0.05, 0) is 28.8 Å². The molecule has 0 spiro atoms. The molecule has 2 heterocycles. The zero-order chi connectivity index (χ0) is 13.8. The van der Waals surface area contributed by atoms with E-state index in [4.69, 9.17) is 4.74 Å². The summed E-state index contributed by atoms with van der Waals surface area (Å²) in [5.74, 6) is -0.709. The van der Waals surface area contributed by atoms with Crippen LogP contribution >= 0.6 is 15.9 Å². The predicted octanol–water partition coefficient (Wildman–Crippen LogP) is 1.26. The summed E-state index contributed by atoms with van der Waals surface area (Å²) < 4.78 is 5.31. The largest absolute Gasteiger partial charge is 0.469 e. The molecular weight excluding hydrogens is 314 g/mol. The number of carbonyl (C=O) groups excluding carboxylic acids is 2. The van der Waals surface area contributed by atoms with Crippen LogP contribution in [-0.2, 0) is 9.53 Å². The second kappa shape index (κ2) is 6.10. The molecule has 0 aromatic carbocycles. The van der Waals surface area contributed by atoms with Gasteiger partial charge < -0.3 is 9.64 Å². The normalized spacial score (nSPS) is 19.1. The van der Waals surface area contributed by atoms with Crippen molar-refractivity contribution >= 4 is 27.8 Å². The molecule has 1 unspecified atom stereocenters. The van der Waals surface area contributed by atoms with Crippen LogP contribution in [0.3, 0.4) is 0 Å². The molecule has 1 amide bonds. The molecule has 1 aromatic rings. The van der Waals surface area contributed by atoms with Crippen LogP contribution in [0.4, 0.5) is 0 Å². The summed E-state index contributed by atoms with van der Waals surface area (Å²) in [5.41, 5.74) is 0.286. The van der Waals surface area contributed by atoms with E-state index >= 15 is 0 Å². The Morgan fingerprint density at radius 3 is 2.84 bits per heavy atom. The van der Waals surface area contributed by atoms with Crippen LogP contribution in [-0.4, -0.2) is 46.9 Å². The van der Waals surface area contributed by atoms with Gasteiger partial charge in [-0.2, -0.15) is 0 Å². The summed E-state index contributed by atoms with van der Waals surface area (Å²) in [6.45, 7) is 1.01. The van der Waals surface area contributed by atoms with Crippen LogP contribution in [0.2, 0.25) is 0 Å². The van der Waals surface area contributed by atoms with Crippen LogP contribution in [0.15, 0.2) is 17.0 Å². The minimum Gasteiger partial charge on any atom is -0.469 e. The summed E-state index contributed by atoms with van der Waals surface area (Å²) >= 11 is 3.17. The first-order valence-corrected chi connectivity index (χ1v) is 6.75. The zero-order valence-corrected chi connectivity index (χ0v) is 12.1. The summed E-state index contributed by atoms with van der Waals surface area (Å²) in [6, 6.07) is 0. The molecule has 19 heavy (non-hydrogen) atoms. The number of esters is 1. The number of halogens is 1. The predicted molar refractivity (Wildman–Crippen MR) is 70.4 cm³/mol. The van der Waals surface area contributed by atoms with Crippen molar-refractivity contribution in [2.24, 2.45) is 5.92 Å². The van der Waals surface area contributed by atoms with Crippen molar-refractivity contribution < 1.29 is 14.3 Å². The molecule has 102 valence electrons. The molecule has 1 aliphatic heterocycles. The van der Waals surface area contributed by atoms with Gasteiger partial charge in [-0.1, -0.05) is 0 Å². The van der Waals surface area contributed by atoms with Gasteiger partial charge in [0.05, 0.1) is 25.4 Å². The maximum Gasteiger partial charge on any atom is 0.310 e. The Bertz CT molecular complexity index is 478. The molecule has 6 nitrogen and oxygen atoms in total. The number of hydrogen-bond donors (Lipinski definition) is 0. The minimum absolute atomic E-state index is 0.200. The average molecular weight is 328 g/mol. The van der Waals surface area contributed by atoms with E-state index in [-0.39, 0.29) is 23.5 Å². The molecule has 1 aromatic heterocycles. The van der Waals surface area contributed by atoms with E-state index in [1.807, 2.05) is 0 Å². The van der Waals surface area contributed by atoms with Gasteiger partial charge in [0.15, 0.2) is 0 Å². The third-order valence-corrected chi connectivity index (χ3v) is 3.49. The lowest BCUT2D eigenvalue weighted by molar-refractivity contribution is -0.146. The van der Waals surface area contributed by atoms with E-state index in [0.717, 1.165) is 12.8 Å². The lowest BCUT2D eigenvalue weighted by atomic mass is 9.98. The van der Waals surface area contributed by atoms with Crippen LogP contribution in [0.25, 0.3) is 0 Å². The van der Waals surface area contributed by atoms with Crippen LogP contribution in [0.1, 0.15) is 23.3 Å². The quantitative estimate of drug-likeness (QED) is 0.765. The molecule has 1 aliphatic rings. The van der Waals surface area contributed by atoms with Gasteiger partial charge in [0.1, 0.15) is 10.3 Å². The zero-order valence-electron chi connectivity index (χ0n) is 10.5. The Kier molecular flexibility index (Phi) is 4.47. The highest BCUT2D eigenvalue weighted by Crippen LogP contribution is 2.19. The van der Waals surface area contributed by atoms with Crippen LogP contribution in [0, 0.1) is 5.92 Å². The third-order valence-electron chi connectivity index (χ3n) is 3.08. The lowest BCUT2D eigenvalue weighted by Gasteiger charge is -2.30. The number of amides is 1. The monoisotopic (exact) mass is 327 g/mol. The molecule has 0 radical (unpaired) electrons. The molecular formula is C12H14BrN3O3. The molecule has 0 bridgehead atoms. The molecule has 2 rings (SSSR count). The number of carbonyl (C=O) groups is 2. The van der Waals surface area contributed by atoms with E-state index < -0.39 is 0 Å². The minimum atomic E-state index is -0.264. The van der Waals surface area contributed by atoms with Gasteiger partial charge in [-0.15, -0.1) is 0 Å². The van der Waals surface area contributed by atoms with Gasteiger partial charge in [-0.3, -0.25) is 9.59 Å². The smallest absolute Gasteiger partial charge is 0.310 e. The Morgan fingerprint density at radius 1 is 1.42 bits per heavy atom. The molecule has 0 aliphatic carbocycles. The van der Waals surface area contributed by atoms with Gasteiger partial charge in [0.2, 0.25) is 0 Å². The fourth-order valence-corrected chi connectivity index (χ4v) is 2.31. The number of aromatic nitrogens is 2. The average Bonchev–Trinajstić information content (AvgIpc) is 2.46. The number of ether oxygens (including phenoxy) is 1. The summed E-state index contributed by atoms with van der Waals surface area (Å²) in [4.78, 5) is 33.4. The summed E-state index contributed by atoms with van der Waals surface area (Å²) in [6.07, 6.45) is 4.45. The van der Waals surface area contributed by atoms with E-state index in [1.165, 1.54) is 19.5 Å². The highest BCUT2D eigenvalue weighted by molar-refractivity contribution is 9.10. The van der Waals surface area contributed by atoms with Crippen molar-refractivity contribution in [1.29, 1.82) is 0 Å². The number of rotatable bonds is 2. The van der Waals surface area contributed by atoms with Crippen molar-refractivity contribution in [2.75, 3.05) is 20.2 Å². The van der Waals surface area contributed by atoms with E-state index in [2.05, 4.69) is 25.9 Å². The third kappa shape index (κ3) is 3.28. The standard InChI is InChI=1S/C12H14BrN3O3/c1-19-12(18)8-3-2-4-16(7-8)11(17)9-5-15-10(13)6-14-9/h5-6,8H,2-4,7H2,1H3. The first-order valence-electron chi connectivity index (χ1n) is 5.96. The Morgan fingerprint density at radius 2 is 2.21 bits per heavy atom. The topological polar surface area (TPSA) is 72.4 Å². The fourth-order valence-electron chi connectivity index (χ4n) is 2.11. The second-order valence-corrected chi connectivity index (χ2v) is 5.15. The first-order chi connectivity index (χ1) is 9.11. The number of likely N-dealkylation sites (tertiary alicyclic amines) is 1. The SMILES string of the molecule is COC(=O)C1CCCN(C(=O)c2cnc(Br)cn2)C1. The van der Waals surface area contributed by atoms with Gasteiger partial charge >= 0.3 is 5.97 Å². The molecule has 1 atom stereocenters. The van der Waals surface area contributed by atoms with Crippen molar-refractivity contribution in [1.82, 2.24) is 14.9 Å².